The smallest absolute Gasteiger partial charge is 0.182 e. The lowest BCUT2D eigenvalue weighted by Crippen LogP contribution is -2.35. The number of nitrogen functional groups attached to an aromatic ring is 1. The number of nitrogens with zero attached hydrogens (tertiary/aromatic N) is 2. The number of anilines is 2. The third-order valence-corrected chi connectivity index (χ3v) is 5.85. The van der Waals surface area contributed by atoms with E-state index in [-0.39, 0.29) is 10.7 Å². The molecule has 0 spiro atoms. The molecule has 0 radical (unpaired) electrons. The van der Waals surface area contributed by atoms with E-state index in [1.54, 1.807) is 0 Å². The Bertz CT molecular complexity index is 548. The van der Waals surface area contributed by atoms with Gasteiger partial charge in [0.2, 0.25) is 0 Å². The standard InChI is InChI=1S/C12H22N4O2S2/c1-3-16-6-4-9(5-7-16)8-14-12-10(20(2,17)18)11(13)15-19-12/h9,14H,3-8H2,1-2H3,(H2,13,15). The lowest BCUT2D eigenvalue weighted by atomic mass is 9.97. The van der Waals surface area contributed by atoms with E-state index in [9.17, 15) is 8.42 Å². The Morgan fingerprint density at radius 1 is 1.45 bits per heavy atom. The van der Waals surface area contributed by atoms with Crippen molar-refractivity contribution in [3.63, 3.8) is 0 Å². The maximum atomic E-state index is 11.7. The van der Waals surface area contributed by atoms with E-state index >= 15 is 0 Å². The van der Waals surface area contributed by atoms with Crippen molar-refractivity contribution < 1.29 is 8.42 Å². The highest BCUT2D eigenvalue weighted by atomic mass is 32.2. The highest BCUT2D eigenvalue weighted by Gasteiger charge is 2.23. The summed E-state index contributed by atoms with van der Waals surface area (Å²) >= 11 is 1.12. The van der Waals surface area contributed by atoms with Gasteiger partial charge < -0.3 is 16.0 Å². The van der Waals surface area contributed by atoms with Crippen molar-refractivity contribution in [3.8, 4) is 0 Å². The van der Waals surface area contributed by atoms with Crippen molar-refractivity contribution in [2.75, 3.05) is 43.5 Å². The molecule has 8 heteroatoms. The minimum absolute atomic E-state index is 0.0980. The molecule has 0 aliphatic carbocycles. The first-order valence-corrected chi connectivity index (χ1v) is 9.49. The third-order valence-electron chi connectivity index (χ3n) is 3.75. The SMILES string of the molecule is CCN1CCC(CNc2snc(N)c2S(C)(=O)=O)CC1. The number of likely N-dealkylation sites (tertiary alicyclic amines) is 1. The fourth-order valence-corrected chi connectivity index (χ4v) is 4.58. The summed E-state index contributed by atoms with van der Waals surface area (Å²) in [5, 5.41) is 3.79. The van der Waals surface area contributed by atoms with Gasteiger partial charge in [0, 0.05) is 12.8 Å². The normalized spacial score (nSPS) is 18.3. The molecule has 114 valence electrons. The summed E-state index contributed by atoms with van der Waals surface area (Å²) in [4.78, 5) is 2.58. The number of rotatable bonds is 5. The van der Waals surface area contributed by atoms with Crippen LogP contribution >= 0.6 is 11.5 Å². The molecule has 1 aliphatic heterocycles. The molecule has 1 aliphatic rings. The predicted molar refractivity (Wildman–Crippen MR) is 83.0 cm³/mol. The van der Waals surface area contributed by atoms with Gasteiger partial charge in [-0.05, 0) is 49.9 Å². The Hall–Kier alpha value is -0.860. The molecule has 6 nitrogen and oxygen atoms in total. The van der Waals surface area contributed by atoms with Crippen LogP contribution in [0.5, 0.6) is 0 Å². The fourth-order valence-electron chi connectivity index (χ4n) is 2.51. The second kappa shape index (κ2) is 6.28. The zero-order chi connectivity index (χ0) is 14.8. The molecule has 20 heavy (non-hydrogen) atoms. The summed E-state index contributed by atoms with van der Waals surface area (Å²) in [7, 11) is -3.33. The van der Waals surface area contributed by atoms with Crippen LogP contribution in [0.2, 0.25) is 0 Å². The van der Waals surface area contributed by atoms with Crippen molar-refractivity contribution in [1.82, 2.24) is 9.27 Å². The summed E-state index contributed by atoms with van der Waals surface area (Å²) in [6, 6.07) is 0. The van der Waals surface area contributed by atoms with Crippen LogP contribution in [0.1, 0.15) is 19.8 Å². The lowest BCUT2D eigenvalue weighted by Gasteiger charge is -2.31. The summed E-state index contributed by atoms with van der Waals surface area (Å²) in [5.74, 6) is 0.675. The Balaban J connectivity index is 1.96. The quantitative estimate of drug-likeness (QED) is 0.850. The largest absolute Gasteiger partial charge is 0.382 e. The van der Waals surface area contributed by atoms with Crippen molar-refractivity contribution >= 4 is 32.2 Å². The molecule has 0 atom stereocenters. The van der Waals surface area contributed by atoms with E-state index in [0.717, 1.165) is 56.8 Å². The van der Waals surface area contributed by atoms with Gasteiger partial charge in [-0.25, -0.2) is 8.42 Å². The molecule has 1 aromatic heterocycles. The van der Waals surface area contributed by atoms with Gasteiger partial charge in [-0.1, -0.05) is 6.92 Å². The lowest BCUT2D eigenvalue weighted by molar-refractivity contribution is 0.198. The average Bonchev–Trinajstić information content (AvgIpc) is 2.78. The maximum absolute atomic E-state index is 11.7. The maximum Gasteiger partial charge on any atom is 0.182 e. The van der Waals surface area contributed by atoms with Crippen molar-refractivity contribution in [3.05, 3.63) is 0 Å². The first-order valence-electron chi connectivity index (χ1n) is 6.83. The second-order valence-corrected chi connectivity index (χ2v) is 7.98. The molecule has 0 unspecified atom stereocenters. The number of piperidine rings is 1. The third kappa shape index (κ3) is 3.62. The molecule has 0 amide bonds. The minimum atomic E-state index is -3.33. The Kier molecular flexibility index (Phi) is 4.87. The number of hydrogen-bond donors (Lipinski definition) is 2. The van der Waals surface area contributed by atoms with Gasteiger partial charge in [0.15, 0.2) is 15.7 Å². The van der Waals surface area contributed by atoms with E-state index in [2.05, 4.69) is 21.5 Å². The Labute approximate surface area is 124 Å². The molecule has 0 bridgehead atoms. The number of nitrogens with one attached hydrogen (secondary N) is 1. The highest BCUT2D eigenvalue weighted by molar-refractivity contribution is 7.91. The first-order chi connectivity index (χ1) is 9.41. The molecule has 3 N–H and O–H groups in total. The number of sulfone groups is 1. The zero-order valence-corrected chi connectivity index (χ0v) is 13.6. The van der Waals surface area contributed by atoms with Gasteiger partial charge in [-0.15, -0.1) is 0 Å². The van der Waals surface area contributed by atoms with Crippen LogP contribution in [0.3, 0.4) is 0 Å². The summed E-state index contributed by atoms with van der Waals surface area (Å²) in [6.07, 6.45) is 3.45. The first kappa shape index (κ1) is 15.5. The summed E-state index contributed by atoms with van der Waals surface area (Å²) < 4.78 is 27.4. The Morgan fingerprint density at radius 3 is 2.65 bits per heavy atom. The molecule has 1 aromatic rings. The molecule has 0 aromatic carbocycles. The van der Waals surface area contributed by atoms with Crippen LogP contribution in [-0.2, 0) is 9.84 Å². The Morgan fingerprint density at radius 2 is 2.10 bits per heavy atom. The van der Waals surface area contributed by atoms with Gasteiger partial charge in [-0.3, -0.25) is 0 Å². The number of nitrogens with two attached hydrogens (primary N) is 1. The topological polar surface area (TPSA) is 88.3 Å². The van der Waals surface area contributed by atoms with E-state index in [1.165, 1.54) is 0 Å². The van der Waals surface area contributed by atoms with E-state index in [1.807, 2.05) is 0 Å². The average molecular weight is 318 g/mol. The van der Waals surface area contributed by atoms with Crippen LogP contribution < -0.4 is 11.1 Å². The second-order valence-electron chi connectivity index (χ2n) is 5.26. The number of hydrogen-bond acceptors (Lipinski definition) is 7. The monoisotopic (exact) mass is 318 g/mol. The summed E-state index contributed by atoms with van der Waals surface area (Å²) in [5.41, 5.74) is 5.65. The minimum Gasteiger partial charge on any atom is -0.382 e. The van der Waals surface area contributed by atoms with E-state index in [0.29, 0.717) is 10.9 Å². The van der Waals surface area contributed by atoms with Gasteiger partial charge in [-0.2, -0.15) is 4.37 Å². The van der Waals surface area contributed by atoms with Crippen LogP contribution in [0.25, 0.3) is 0 Å². The van der Waals surface area contributed by atoms with Gasteiger partial charge >= 0.3 is 0 Å². The fraction of sp³-hybridized carbons (Fsp3) is 0.750. The molecule has 2 heterocycles. The summed E-state index contributed by atoms with van der Waals surface area (Å²) in [6.45, 7) is 6.29. The molecule has 2 rings (SSSR count). The number of aromatic nitrogens is 1. The van der Waals surface area contributed by atoms with Crippen LogP contribution in [0.4, 0.5) is 10.8 Å². The van der Waals surface area contributed by atoms with Crippen molar-refractivity contribution in [2.24, 2.45) is 5.92 Å². The highest BCUT2D eigenvalue weighted by Crippen LogP contribution is 2.31. The van der Waals surface area contributed by atoms with Crippen molar-refractivity contribution in [2.45, 2.75) is 24.7 Å². The molecular weight excluding hydrogens is 296 g/mol. The van der Waals surface area contributed by atoms with Gasteiger partial charge in [0.05, 0.1) is 0 Å². The van der Waals surface area contributed by atoms with Crippen LogP contribution in [0, 0.1) is 5.92 Å². The van der Waals surface area contributed by atoms with Crippen LogP contribution in [-0.4, -0.2) is 50.1 Å². The van der Waals surface area contributed by atoms with Gasteiger partial charge in [0.25, 0.3) is 0 Å². The molecule has 0 saturated carbocycles. The molecule has 1 saturated heterocycles. The van der Waals surface area contributed by atoms with Gasteiger partial charge in [0.1, 0.15) is 9.90 Å². The zero-order valence-electron chi connectivity index (χ0n) is 11.9. The van der Waals surface area contributed by atoms with Crippen LogP contribution in [0.15, 0.2) is 4.90 Å². The predicted octanol–water partition coefficient (Wildman–Crippen LogP) is 1.27. The molecular formula is C12H22N4O2S2. The van der Waals surface area contributed by atoms with Crippen molar-refractivity contribution in [1.29, 1.82) is 0 Å². The molecule has 1 fully saturated rings. The van der Waals surface area contributed by atoms with E-state index in [4.69, 9.17) is 5.73 Å². The van der Waals surface area contributed by atoms with E-state index < -0.39 is 9.84 Å².